The summed E-state index contributed by atoms with van der Waals surface area (Å²) in [4.78, 5) is 15.0. The molecule has 3 aromatic rings. The fourth-order valence-electron chi connectivity index (χ4n) is 3.36. The molecule has 0 spiro atoms. The van der Waals surface area contributed by atoms with Crippen LogP contribution in [0, 0.1) is 0 Å². The summed E-state index contributed by atoms with van der Waals surface area (Å²) < 4.78 is 6.61. The molecule has 1 aliphatic heterocycles. The fraction of sp³-hybridized carbons (Fsp3) is 0.318. The molecule has 0 aliphatic carbocycles. The molecule has 6 nitrogen and oxygen atoms in total. The van der Waals surface area contributed by atoms with Crippen molar-refractivity contribution in [1.29, 1.82) is 0 Å². The van der Waals surface area contributed by atoms with E-state index in [9.17, 15) is 4.79 Å². The Labute approximate surface area is 188 Å². The van der Waals surface area contributed by atoms with Gasteiger partial charge < -0.3 is 14.6 Å². The summed E-state index contributed by atoms with van der Waals surface area (Å²) in [5.41, 5.74) is 2.82. The van der Waals surface area contributed by atoms with Crippen molar-refractivity contribution in [2.24, 2.45) is 0 Å². The summed E-state index contributed by atoms with van der Waals surface area (Å²) in [6.45, 7) is 4.03. The predicted molar refractivity (Wildman–Crippen MR) is 124 cm³/mol. The van der Waals surface area contributed by atoms with Gasteiger partial charge in [-0.1, -0.05) is 23.9 Å². The van der Waals surface area contributed by atoms with E-state index in [1.54, 1.807) is 0 Å². The first-order valence-electron chi connectivity index (χ1n) is 10.0. The van der Waals surface area contributed by atoms with Crippen LogP contribution in [0.1, 0.15) is 26.2 Å². The Morgan fingerprint density at radius 3 is 2.57 bits per heavy atom. The van der Waals surface area contributed by atoms with Gasteiger partial charge in [0.1, 0.15) is 0 Å². The van der Waals surface area contributed by atoms with Crippen LogP contribution in [0.4, 0.5) is 11.4 Å². The molecule has 1 amide bonds. The highest BCUT2D eigenvalue weighted by Gasteiger charge is 2.20. The Balaban J connectivity index is 1.34. The second-order valence-corrected chi connectivity index (χ2v) is 9.34. The summed E-state index contributed by atoms with van der Waals surface area (Å²) in [7, 11) is 0. The zero-order valence-corrected chi connectivity index (χ0v) is 19.1. The van der Waals surface area contributed by atoms with Gasteiger partial charge in [-0.25, -0.2) is 0 Å². The summed E-state index contributed by atoms with van der Waals surface area (Å²) in [5.74, 6) is 0.317. The van der Waals surface area contributed by atoms with E-state index in [4.69, 9.17) is 4.42 Å². The Kier molecular flexibility index (Phi) is 6.74. The van der Waals surface area contributed by atoms with Crippen LogP contribution in [-0.4, -0.2) is 34.4 Å². The lowest BCUT2D eigenvalue weighted by Crippen LogP contribution is -2.29. The van der Waals surface area contributed by atoms with E-state index >= 15 is 0 Å². The van der Waals surface area contributed by atoms with Crippen LogP contribution in [0.2, 0.25) is 0 Å². The summed E-state index contributed by atoms with van der Waals surface area (Å²) in [6, 6.07) is 15.7. The molecule has 2 heterocycles. The van der Waals surface area contributed by atoms with Crippen LogP contribution in [0.5, 0.6) is 0 Å². The van der Waals surface area contributed by atoms with Crippen LogP contribution in [0.3, 0.4) is 0 Å². The predicted octanol–water partition coefficient (Wildman–Crippen LogP) is 5.61. The maximum atomic E-state index is 12.6. The normalized spacial score (nSPS) is 15.1. The first kappa shape index (κ1) is 20.9. The fourth-order valence-corrected chi connectivity index (χ4v) is 4.50. The Morgan fingerprint density at radius 1 is 1.10 bits per heavy atom. The van der Waals surface area contributed by atoms with Crippen molar-refractivity contribution in [1.82, 2.24) is 10.2 Å². The van der Waals surface area contributed by atoms with Gasteiger partial charge in [0.05, 0.1) is 10.8 Å². The van der Waals surface area contributed by atoms with E-state index in [0.29, 0.717) is 11.1 Å². The molecule has 1 aliphatic rings. The molecule has 1 aromatic heterocycles. The lowest BCUT2D eigenvalue weighted by atomic mass is 10.1. The first-order chi connectivity index (χ1) is 14.6. The quantitative estimate of drug-likeness (QED) is 0.456. The van der Waals surface area contributed by atoms with Crippen LogP contribution in [0.15, 0.2) is 62.6 Å². The van der Waals surface area contributed by atoms with Crippen molar-refractivity contribution < 1.29 is 9.21 Å². The van der Waals surface area contributed by atoms with Crippen molar-refractivity contribution in [3.05, 3.63) is 53.0 Å². The minimum atomic E-state index is -0.376. The average Bonchev–Trinajstić information content (AvgIpc) is 3.23. The maximum Gasteiger partial charge on any atom is 0.277 e. The van der Waals surface area contributed by atoms with Crippen molar-refractivity contribution >= 4 is 45.0 Å². The van der Waals surface area contributed by atoms with E-state index < -0.39 is 0 Å². The molecular weight excluding hydrogens is 464 g/mol. The van der Waals surface area contributed by atoms with Gasteiger partial charge in [0.15, 0.2) is 0 Å². The first-order valence-corrected chi connectivity index (χ1v) is 11.7. The molecule has 1 unspecified atom stereocenters. The number of carbonyl (C=O) groups is 1. The van der Waals surface area contributed by atoms with Crippen molar-refractivity contribution in [2.75, 3.05) is 23.3 Å². The minimum absolute atomic E-state index is 0.105. The molecule has 1 saturated heterocycles. The van der Waals surface area contributed by atoms with Crippen molar-refractivity contribution in [3.8, 4) is 11.5 Å². The van der Waals surface area contributed by atoms with Crippen LogP contribution in [0.25, 0.3) is 11.5 Å². The Morgan fingerprint density at radius 2 is 1.83 bits per heavy atom. The third kappa shape index (κ3) is 5.05. The second-order valence-electron chi connectivity index (χ2n) is 7.20. The Bertz CT molecular complexity index is 1000. The van der Waals surface area contributed by atoms with E-state index in [1.807, 2.05) is 43.3 Å². The lowest BCUT2D eigenvalue weighted by Gasteiger charge is -2.28. The number of halogens is 1. The number of nitrogens with zero attached hydrogens (tertiary/aromatic N) is 3. The largest absolute Gasteiger partial charge is 0.411 e. The molecule has 2 aromatic carbocycles. The third-order valence-electron chi connectivity index (χ3n) is 5.01. The zero-order valence-electron chi connectivity index (χ0n) is 16.7. The second kappa shape index (κ2) is 9.66. The highest BCUT2D eigenvalue weighted by atomic mass is 79.9. The highest BCUT2D eigenvalue weighted by Crippen LogP contribution is 2.30. The smallest absolute Gasteiger partial charge is 0.277 e. The van der Waals surface area contributed by atoms with Gasteiger partial charge in [0.2, 0.25) is 11.8 Å². The average molecular weight is 487 g/mol. The van der Waals surface area contributed by atoms with E-state index in [-0.39, 0.29) is 11.2 Å². The molecule has 1 atom stereocenters. The topological polar surface area (TPSA) is 71.3 Å². The highest BCUT2D eigenvalue weighted by molar-refractivity contribution is 9.10. The number of hydrogen-bond donors (Lipinski definition) is 1. The number of carbonyl (C=O) groups excluding carboxylic acids is 1. The van der Waals surface area contributed by atoms with Crippen molar-refractivity contribution in [3.63, 3.8) is 0 Å². The van der Waals surface area contributed by atoms with Crippen molar-refractivity contribution in [2.45, 2.75) is 36.7 Å². The molecule has 1 N–H and O–H groups in total. The number of nitrogens with one attached hydrogen (secondary N) is 1. The third-order valence-corrected chi connectivity index (χ3v) is 6.64. The van der Waals surface area contributed by atoms with Gasteiger partial charge in [-0.2, -0.15) is 0 Å². The molecule has 156 valence electrons. The molecule has 0 bridgehead atoms. The zero-order chi connectivity index (χ0) is 20.9. The van der Waals surface area contributed by atoms with Crippen LogP contribution < -0.4 is 10.2 Å². The minimum Gasteiger partial charge on any atom is -0.411 e. The van der Waals surface area contributed by atoms with Gasteiger partial charge in [-0.05, 0) is 78.5 Å². The van der Waals surface area contributed by atoms with Gasteiger partial charge in [0, 0.05) is 28.9 Å². The summed E-state index contributed by atoms with van der Waals surface area (Å²) in [6.07, 6.45) is 3.79. The standard InChI is InChI=1S/C22H23BrN4O2S/c1-15(30-22-26-25-21(29-22)18-7-3-4-8-19(18)23)20(28)24-16-9-11-17(12-10-16)27-13-5-2-6-14-27/h3-4,7-12,15H,2,5-6,13-14H2,1H3,(H,24,28). The number of thioether (sulfide) groups is 1. The van der Waals surface area contributed by atoms with Gasteiger partial charge in [-0.15, -0.1) is 10.2 Å². The Hall–Kier alpha value is -2.32. The number of piperidine rings is 1. The monoisotopic (exact) mass is 486 g/mol. The van der Waals surface area contributed by atoms with Gasteiger partial charge >= 0.3 is 0 Å². The van der Waals surface area contributed by atoms with E-state index in [1.165, 1.54) is 36.7 Å². The molecule has 0 radical (unpaired) electrons. The molecule has 30 heavy (non-hydrogen) atoms. The van der Waals surface area contributed by atoms with E-state index in [0.717, 1.165) is 28.8 Å². The van der Waals surface area contributed by atoms with Gasteiger partial charge in [0.25, 0.3) is 5.22 Å². The number of rotatable bonds is 6. The number of aromatic nitrogens is 2. The summed E-state index contributed by atoms with van der Waals surface area (Å²) >= 11 is 4.72. The van der Waals surface area contributed by atoms with Crippen LogP contribution >= 0.6 is 27.7 Å². The maximum absolute atomic E-state index is 12.6. The molecule has 8 heteroatoms. The molecule has 1 fully saturated rings. The molecule has 4 rings (SSSR count). The van der Waals surface area contributed by atoms with Crippen LogP contribution in [-0.2, 0) is 4.79 Å². The SMILES string of the molecule is CC(Sc1nnc(-c2ccccc2Br)o1)C(=O)Nc1ccc(N2CCCCC2)cc1. The number of amides is 1. The summed E-state index contributed by atoms with van der Waals surface area (Å²) in [5, 5.41) is 11.1. The number of anilines is 2. The lowest BCUT2D eigenvalue weighted by molar-refractivity contribution is -0.115. The van der Waals surface area contributed by atoms with Gasteiger partial charge in [-0.3, -0.25) is 4.79 Å². The number of hydrogen-bond acceptors (Lipinski definition) is 6. The molecular formula is C22H23BrN4O2S. The van der Waals surface area contributed by atoms with E-state index in [2.05, 4.69) is 48.5 Å². The molecule has 0 saturated carbocycles. The number of benzene rings is 2.